The lowest BCUT2D eigenvalue weighted by Crippen LogP contribution is -2.48. The van der Waals surface area contributed by atoms with Gasteiger partial charge in [-0.25, -0.2) is 8.42 Å². The summed E-state index contributed by atoms with van der Waals surface area (Å²) < 4.78 is 36.6. The van der Waals surface area contributed by atoms with Crippen molar-refractivity contribution in [3.63, 3.8) is 0 Å². The van der Waals surface area contributed by atoms with Crippen LogP contribution >= 0.6 is 0 Å². The number of sulfonamides is 1. The summed E-state index contributed by atoms with van der Waals surface area (Å²) in [6, 6.07) is 11.0. The SMILES string of the molecule is COc1ccc(OC)c([C@H](C)NC(=O)[C@@H](C)N(c2cccc(C)c2)S(C)(=O)=O)c1. The van der Waals surface area contributed by atoms with Crippen LogP contribution in [-0.2, 0) is 14.8 Å². The molecule has 0 unspecified atom stereocenters. The van der Waals surface area contributed by atoms with Crippen molar-refractivity contribution < 1.29 is 22.7 Å². The van der Waals surface area contributed by atoms with Gasteiger partial charge in [-0.1, -0.05) is 12.1 Å². The van der Waals surface area contributed by atoms with Gasteiger partial charge < -0.3 is 14.8 Å². The number of rotatable bonds is 8. The molecule has 2 aromatic rings. The molecule has 0 heterocycles. The number of nitrogens with zero attached hydrogens (tertiary/aromatic N) is 1. The first-order valence-electron chi connectivity index (χ1n) is 9.16. The Morgan fingerprint density at radius 1 is 1.07 bits per heavy atom. The van der Waals surface area contributed by atoms with Crippen molar-refractivity contribution >= 4 is 21.6 Å². The van der Waals surface area contributed by atoms with E-state index in [1.54, 1.807) is 64.5 Å². The van der Waals surface area contributed by atoms with Crippen LogP contribution in [0.15, 0.2) is 42.5 Å². The Bertz CT molecular complexity index is 975. The third-order valence-electron chi connectivity index (χ3n) is 4.61. The Labute approximate surface area is 172 Å². The fourth-order valence-corrected chi connectivity index (χ4v) is 4.33. The van der Waals surface area contributed by atoms with Crippen molar-refractivity contribution in [2.45, 2.75) is 32.9 Å². The predicted molar refractivity (Wildman–Crippen MR) is 114 cm³/mol. The van der Waals surface area contributed by atoms with E-state index in [0.29, 0.717) is 17.2 Å². The van der Waals surface area contributed by atoms with Crippen LogP contribution in [0.5, 0.6) is 11.5 Å². The maximum atomic E-state index is 12.9. The van der Waals surface area contributed by atoms with Crippen LogP contribution in [0.1, 0.15) is 31.0 Å². The first-order chi connectivity index (χ1) is 13.6. The smallest absolute Gasteiger partial charge is 0.244 e. The van der Waals surface area contributed by atoms with Gasteiger partial charge in [-0.3, -0.25) is 9.10 Å². The van der Waals surface area contributed by atoms with Crippen LogP contribution < -0.4 is 19.1 Å². The van der Waals surface area contributed by atoms with E-state index in [-0.39, 0.29) is 0 Å². The fraction of sp³-hybridized carbons (Fsp3) is 0.381. The molecular weight excluding hydrogens is 392 g/mol. The number of methoxy groups -OCH3 is 2. The molecule has 0 radical (unpaired) electrons. The van der Waals surface area contributed by atoms with E-state index in [1.165, 1.54) is 0 Å². The molecule has 0 aliphatic rings. The number of carbonyl (C=O) groups excluding carboxylic acids is 1. The number of hydrogen-bond acceptors (Lipinski definition) is 5. The average molecular weight is 421 g/mol. The highest BCUT2D eigenvalue weighted by Gasteiger charge is 2.30. The first-order valence-corrected chi connectivity index (χ1v) is 11.0. The Morgan fingerprint density at radius 3 is 2.31 bits per heavy atom. The Kier molecular flexibility index (Phi) is 7.13. The van der Waals surface area contributed by atoms with Gasteiger partial charge in [0.15, 0.2) is 0 Å². The van der Waals surface area contributed by atoms with Crippen molar-refractivity contribution in [2.75, 3.05) is 24.8 Å². The lowest BCUT2D eigenvalue weighted by molar-refractivity contribution is -0.122. The number of carbonyl (C=O) groups is 1. The summed E-state index contributed by atoms with van der Waals surface area (Å²) in [5.41, 5.74) is 2.08. The molecule has 0 bridgehead atoms. The highest BCUT2D eigenvalue weighted by atomic mass is 32.2. The third kappa shape index (κ3) is 5.41. The quantitative estimate of drug-likeness (QED) is 0.710. The second-order valence-corrected chi connectivity index (χ2v) is 8.77. The number of hydrogen-bond donors (Lipinski definition) is 1. The second-order valence-electron chi connectivity index (χ2n) is 6.91. The van der Waals surface area contributed by atoms with Crippen LogP contribution in [0.3, 0.4) is 0 Å². The molecule has 7 nitrogen and oxygen atoms in total. The molecule has 0 saturated carbocycles. The molecule has 2 rings (SSSR count). The number of anilines is 1. The molecule has 1 amide bonds. The highest BCUT2D eigenvalue weighted by Crippen LogP contribution is 2.29. The van der Waals surface area contributed by atoms with Gasteiger partial charge in [-0.05, 0) is 56.7 Å². The molecule has 0 aliphatic heterocycles. The Balaban J connectivity index is 2.30. The van der Waals surface area contributed by atoms with Gasteiger partial charge in [0.2, 0.25) is 15.9 Å². The molecule has 0 saturated heterocycles. The predicted octanol–water partition coefficient (Wildman–Crippen LogP) is 3.04. The van der Waals surface area contributed by atoms with Crippen LogP contribution in [0.4, 0.5) is 5.69 Å². The first kappa shape index (κ1) is 22.5. The molecule has 2 aromatic carbocycles. The van der Waals surface area contributed by atoms with Gasteiger partial charge in [0.05, 0.1) is 32.2 Å². The molecule has 0 aliphatic carbocycles. The maximum absolute atomic E-state index is 12.9. The van der Waals surface area contributed by atoms with Crippen molar-refractivity contribution in [2.24, 2.45) is 0 Å². The van der Waals surface area contributed by atoms with E-state index in [9.17, 15) is 13.2 Å². The summed E-state index contributed by atoms with van der Waals surface area (Å²) in [5.74, 6) is 0.812. The summed E-state index contributed by atoms with van der Waals surface area (Å²) >= 11 is 0. The monoisotopic (exact) mass is 420 g/mol. The van der Waals surface area contributed by atoms with E-state index in [2.05, 4.69) is 5.32 Å². The second kappa shape index (κ2) is 9.17. The summed E-state index contributed by atoms with van der Waals surface area (Å²) in [7, 11) is -0.570. The molecule has 29 heavy (non-hydrogen) atoms. The largest absolute Gasteiger partial charge is 0.497 e. The minimum absolute atomic E-state index is 0.422. The molecule has 0 aromatic heterocycles. The average Bonchev–Trinajstić information content (AvgIpc) is 2.66. The fourth-order valence-electron chi connectivity index (χ4n) is 3.16. The van der Waals surface area contributed by atoms with Crippen LogP contribution in [0.25, 0.3) is 0 Å². The van der Waals surface area contributed by atoms with E-state index in [0.717, 1.165) is 21.7 Å². The minimum Gasteiger partial charge on any atom is -0.497 e. The Morgan fingerprint density at radius 2 is 1.76 bits per heavy atom. The summed E-state index contributed by atoms with van der Waals surface area (Å²) in [6.45, 7) is 5.24. The minimum atomic E-state index is -3.68. The van der Waals surface area contributed by atoms with Crippen LogP contribution in [0, 0.1) is 6.92 Å². The van der Waals surface area contributed by atoms with Gasteiger partial charge in [-0.15, -0.1) is 0 Å². The van der Waals surface area contributed by atoms with E-state index < -0.39 is 28.0 Å². The number of amides is 1. The summed E-state index contributed by atoms with van der Waals surface area (Å²) in [5, 5.41) is 2.88. The van der Waals surface area contributed by atoms with Gasteiger partial charge in [-0.2, -0.15) is 0 Å². The van der Waals surface area contributed by atoms with E-state index in [1.807, 2.05) is 13.0 Å². The van der Waals surface area contributed by atoms with Gasteiger partial charge >= 0.3 is 0 Å². The number of benzene rings is 2. The zero-order valence-corrected chi connectivity index (χ0v) is 18.4. The molecule has 1 N–H and O–H groups in total. The van der Waals surface area contributed by atoms with Crippen LogP contribution in [-0.4, -0.2) is 40.8 Å². The number of ether oxygens (including phenoxy) is 2. The van der Waals surface area contributed by atoms with Gasteiger partial charge in [0, 0.05) is 5.56 Å². The molecule has 158 valence electrons. The lowest BCUT2D eigenvalue weighted by atomic mass is 10.1. The van der Waals surface area contributed by atoms with Gasteiger partial charge in [0.1, 0.15) is 17.5 Å². The molecular formula is C21H28N2O5S. The Hall–Kier alpha value is -2.74. The third-order valence-corrected chi connectivity index (χ3v) is 5.85. The number of aryl methyl sites for hydroxylation is 1. The lowest BCUT2D eigenvalue weighted by Gasteiger charge is -2.29. The zero-order chi connectivity index (χ0) is 21.8. The normalized spacial score (nSPS) is 13.3. The van der Waals surface area contributed by atoms with Crippen molar-refractivity contribution in [3.8, 4) is 11.5 Å². The van der Waals surface area contributed by atoms with Crippen molar-refractivity contribution in [1.29, 1.82) is 0 Å². The molecule has 0 fully saturated rings. The van der Waals surface area contributed by atoms with Crippen LogP contribution in [0.2, 0.25) is 0 Å². The maximum Gasteiger partial charge on any atom is 0.244 e. The highest BCUT2D eigenvalue weighted by molar-refractivity contribution is 7.92. The van der Waals surface area contributed by atoms with E-state index in [4.69, 9.17) is 9.47 Å². The summed E-state index contributed by atoms with van der Waals surface area (Å²) in [4.78, 5) is 12.9. The molecule has 2 atom stereocenters. The number of nitrogens with one attached hydrogen (secondary N) is 1. The standard InChI is InChI=1S/C21H28N2O5S/c1-14-8-7-9-17(12-14)23(29(6,25)26)16(3)21(24)22-15(2)19-13-18(27-4)10-11-20(19)28-5/h7-13,15-16H,1-6H3,(H,22,24)/t15-,16+/m0/s1. The van der Waals surface area contributed by atoms with Crippen molar-refractivity contribution in [1.82, 2.24) is 5.32 Å². The molecule has 8 heteroatoms. The molecule has 0 spiro atoms. The van der Waals surface area contributed by atoms with Gasteiger partial charge in [0.25, 0.3) is 0 Å². The van der Waals surface area contributed by atoms with Crippen molar-refractivity contribution in [3.05, 3.63) is 53.6 Å². The zero-order valence-electron chi connectivity index (χ0n) is 17.6. The topological polar surface area (TPSA) is 84.9 Å². The summed E-state index contributed by atoms with van der Waals surface area (Å²) in [6.07, 6.45) is 1.09. The van der Waals surface area contributed by atoms with E-state index >= 15 is 0 Å².